The smallest absolute Gasteiger partial charge is 0.119 e. The van der Waals surface area contributed by atoms with Gasteiger partial charge < -0.3 is 4.74 Å². The van der Waals surface area contributed by atoms with E-state index in [0.29, 0.717) is 0 Å². The van der Waals surface area contributed by atoms with Crippen molar-refractivity contribution in [2.24, 2.45) is 0 Å². The van der Waals surface area contributed by atoms with E-state index in [4.69, 9.17) is 4.74 Å². The average molecular weight is 226 g/mol. The van der Waals surface area contributed by atoms with Crippen LogP contribution in [0.4, 0.5) is 0 Å². The molecule has 0 bridgehead atoms. The van der Waals surface area contributed by atoms with Crippen LogP contribution in [0.1, 0.15) is 16.7 Å². The second-order valence-corrected chi connectivity index (χ2v) is 4.27. The summed E-state index contributed by atoms with van der Waals surface area (Å²) in [6, 6.07) is 16.4. The van der Waals surface area contributed by atoms with Gasteiger partial charge in [-0.05, 0) is 42.7 Å². The number of aryl methyl sites for hydroxylation is 1. The number of rotatable bonds is 4. The Morgan fingerprint density at radius 3 is 2.41 bits per heavy atom. The van der Waals surface area contributed by atoms with Crippen LogP contribution < -0.4 is 4.74 Å². The largest absolute Gasteiger partial charge is 0.493 e. The predicted molar refractivity (Wildman–Crippen MR) is 71.6 cm³/mol. The second-order valence-electron chi connectivity index (χ2n) is 4.27. The van der Waals surface area contributed by atoms with E-state index in [9.17, 15) is 0 Å². The summed E-state index contributed by atoms with van der Waals surface area (Å²) in [4.78, 5) is 0. The molecule has 0 spiro atoms. The maximum Gasteiger partial charge on any atom is 0.119 e. The van der Waals surface area contributed by atoms with Crippen LogP contribution in [0.5, 0.6) is 5.75 Å². The van der Waals surface area contributed by atoms with Gasteiger partial charge in [-0.1, -0.05) is 36.4 Å². The number of hydrogen-bond donors (Lipinski definition) is 0. The minimum absolute atomic E-state index is 0.730. The molecule has 0 aromatic heterocycles. The fraction of sp³-hybridized carbons (Fsp3) is 0.250. The van der Waals surface area contributed by atoms with Crippen molar-refractivity contribution in [1.29, 1.82) is 0 Å². The lowest BCUT2D eigenvalue weighted by Gasteiger charge is -2.09. The molecule has 1 heteroatoms. The van der Waals surface area contributed by atoms with Gasteiger partial charge in [0.1, 0.15) is 5.75 Å². The van der Waals surface area contributed by atoms with Gasteiger partial charge >= 0.3 is 0 Å². The molecule has 0 fully saturated rings. The molecule has 0 saturated heterocycles. The molecule has 17 heavy (non-hydrogen) atoms. The van der Waals surface area contributed by atoms with Crippen molar-refractivity contribution in [3.8, 4) is 5.75 Å². The Morgan fingerprint density at radius 1 is 0.882 bits per heavy atom. The minimum Gasteiger partial charge on any atom is -0.493 e. The first-order valence-corrected chi connectivity index (χ1v) is 6.00. The molecule has 0 atom stereocenters. The quantitative estimate of drug-likeness (QED) is 0.767. The molecule has 0 amide bonds. The van der Waals surface area contributed by atoms with Crippen molar-refractivity contribution < 1.29 is 4.74 Å². The summed E-state index contributed by atoms with van der Waals surface area (Å²) in [7, 11) is 0. The zero-order valence-electron chi connectivity index (χ0n) is 10.4. The Bertz CT molecular complexity index is 474. The van der Waals surface area contributed by atoms with E-state index in [0.717, 1.165) is 18.8 Å². The standard InChI is InChI=1S/C16H18O/c1-13-7-6-8-15(14(13)2)11-12-17-16-9-4-3-5-10-16/h3-10H,11-12H2,1-2H3. The van der Waals surface area contributed by atoms with E-state index in [-0.39, 0.29) is 0 Å². The molecule has 2 aromatic rings. The first kappa shape index (κ1) is 11.7. The molecule has 2 aromatic carbocycles. The molecule has 0 saturated carbocycles. The first-order chi connectivity index (χ1) is 8.27. The van der Waals surface area contributed by atoms with Gasteiger partial charge in [-0.3, -0.25) is 0 Å². The molecule has 0 unspecified atom stereocenters. The minimum atomic E-state index is 0.730. The van der Waals surface area contributed by atoms with Crippen molar-refractivity contribution >= 4 is 0 Å². The van der Waals surface area contributed by atoms with Crippen LogP contribution in [0.3, 0.4) is 0 Å². The van der Waals surface area contributed by atoms with Gasteiger partial charge in [0.25, 0.3) is 0 Å². The highest BCUT2D eigenvalue weighted by molar-refractivity contribution is 5.33. The molecule has 0 N–H and O–H groups in total. The van der Waals surface area contributed by atoms with Crippen LogP contribution in [-0.2, 0) is 6.42 Å². The summed E-state index contributed by atoms with van der Waals surface area (Å²) in [6.07, 6.45) is 0.961. The monoisotopic (exact) mass is 226 g/mol. The first-order valence-electron chi connectivity index (χ1n) is 6.00. The summed E-state index contributed by atoms with van der Waals surface area (Å²) in [5.41, 5.74) is 4.10. The van der Waals surface area contributed by atoms with Crippen LogP contribution in [-0.4, -0.2) is 6.61 Å². The lowest BCUT2D eigenvalue weighted by Crippen LogP contribution is -2.03. The summed E-state index contributed by atoms with van der Waals surface area (Å²) in [5.74, 6) is 0.942. The van der Waals surface area contributed by atoms with Crippen molar-refractivity contribution in [1.82, 2.24) is 0 Å². The molecule has 0 aliphatic rings. The van der Waals surface area contributed by atoms with Gasteiger partial charge in [0.05, 0.1) is 6.61 Å². The maximum atomic E-state index is 5.70. The van der Waals surface area contributed by atoms with Crippen molar-refractivity contribution in [3.05, 3.63) is 65.2 Å². The zero-order chi connectivity index (χ0) is 12.1. The number of para-hydroxylation sites is 1. The predicted octanol–water partition coefficient (Wildman–Crippen LogP) is 3.92. The number of hydrogen-bond acceptors (Lipinski definition) is 1. The Morgan fingerprint density at radius 2 is 1.65 bits per heavy atom. The average Bonchev–Trinajstić information content (AvgIpc) is 2.36. The zero-order valence-corrected chi connectivity index (χ0v) is 10.4. The van der Waals surface area contributed by atoms with E-state index in [1.54, 1.807) is 0 Å². The van der Waals surface area contributed by atoms with Crippen LogP contribution in [0, 0.1) is 13.8 Å². The van der Waals surface area contributed by atoms with E-state index in [2.05, 4.69) is 32.0 Å². The molecule has 88 valence electrons. The Balaban J connectivity index is 1.93. The van der Waals surface area contributed by atoms with Crippen LogP contribution in [0.2, 0.25) is 0 Å². The lowest BCUT2D eigenvalue weighted by atomic mass is 10.0. The van der Waals surface area contributed by atoms with Crippen LogP contribution >= 0.6 is 0 Å². The molecule has 0 aliphatic heterocycles. The van der Waals surface area contributed by atoms with Gasteiger partial charge in [0.15, 0.2) is 0 Å². The Labute approximate surface area is 103 Å². The Hall–Kier alpha value is -1.76. The van der Waals surface area contributed by atoms with E-state index < -0.39 is 0 Å². The van der Waals surface area contributed by atoms with Crippen LogP contribution in [0.15, 0.2) is 48.5 Å². The SMILES string of the molecule is Cc1cccc(CCOc2ccccc2)c1C. The van der Waals surface area contributed by atoms with Crippen molar-refractivity contribution in [2.75, 3.05) is 6.61 Å². The van der Waals surface area contributed by atoms with Gasteiger partial charge in [-0.25, -0.2) is 0 Å². The van der Waals surface area contributed by atoms with E-state index >= 15 is 0 Å². The summed E-state index contributed by atoms with van der Waals surface area (Å²) in [5, 5.41) is 0. The molecular formula is C16H18O. The van der Waals surface area contributed by atoms with Crippen LogP contribution in [0.25, 0.3) is 0 Å². The summed E-state index contributed by atoms with van der Waals surface area (Å²) in [6.45, 7) is 5.05. The molecule has 2 rings (SSSR count). The van der Waals surface area contributed by atoms with Crippen molar-refractivity contribution in [3.63, 3.8) is 0 Å². The second kappa shape index (κ2) is 5.53. The van der Waals surface area contributed by atoms with Gasteiger partial charge in [0, 0.05) is 6.42 Å². The van der Waals surface area contributed by atoms with E-state index in [1.165, 1.54) is 16.7 Å². The highest BCUT2D eigenvalue weighted by Gasteiger charge is 2.00. The lowest BCUT2D eigenvalue weighted by molar-refractivity contribution is 0.321. The fourth-order valence-corrected chi connectivity index (χ4v) is 1.88. The van der Waals surface area contributed by atoms with Gasteiger partial charge in [-0.15, -0.1) is 0 Å². The molecular weight excluding hydrogens is 208 g/mol. The topological polar surface area (TPSA) is 9.23 Å². The summed E-state index contributed by atoms with van der Waals surface area (Å²) < 4.78 is 5.70. The third kappa shape index (κ3) is 3.10. The highest BCUT2D eigenvalue weighted by Crippen LogP contribution is 2.14. The van der Waals surface area contributed by atoms with Gasteiger partial charge in [0.2, 0.25) is 0 Å². The maximum absolute atomic E-state index is 5.70. The highest BCUT2D eigenvalue weighted by atomic mass is 16.5. The molecule has 0 radical (unpaired) electrons. The fourth-order valence-electron chi connectivity index (χ4n) is 1.88. The normalized spacial score (nSPS) is 10.2. The van der Waals surface area contributed by atoms with Gasteiger partial charge in [-0.2, -0.15) is 0 Å². The van der Waals surface area contributed by atoms with Crippen molar-refractivity contribution in [2.45, 2.75) is 20.3 Å². The number of benzene rings is 2. The summed E-state index contributed by atoms with van der Waals surface area (Å²) >= 11 is 0. The molecule has 1 nitrogen and oxygen atoms in total. The third-order valence-electron chi connectivity index (χ3n) is 3.10. The third-order valence-corrected chi connectivity index (χ3v) is 3.10. The number of ether oxygens (including phenoxy) is 1. The molecule has 0 heterocycles. The Kier molecular flexibility index (Phi) is 3.81. The molecule has 0 aliphatic carbocycles. The van der Waals surface area contributed by atoms with E-state index in [1.807, 2.05) is 30.3 Å².